The fourth-order valence-corrected chi connectivity index (χ4v) is 5.97. The van der Waals surface area contributed by atoms with Crippen LogP contribution in [-0.2, 0) is 4.74 Å². The molecule has 2 amide bonds. The number of benzene rings is 2. The molecule has 12 nitrogen and oxygen atoms in total. The van der Waals surface area contributed by atoms with Gasteiger partial charge in [-0.25, -0.2) is 4.79 Å². The van der Waals surface area contributed by atoms with E-state index in [0.29, 0.717) is 55.8 Å². The average molecular weight is 630 g/mol. The second-order valence-corrected chi connectivity index (χ2v) is 13.0. The van der Waals surface area contributed by atoms with Crippen LogP contribution in [0, 0.1) is 5.92 Å². The minimum Gasteiger partial charge on any atom is -0.497 e. The number of aromatic nitrogens is 3. The summed E-state index contributed by atoms with van der Waals surface area (Å²) in [4.78, 5) is 46.0. The van der Waals surface area contributed by atoms with Gasteiger partial charge in [0.05, 0.1) is 7.11 Å². The van der Waals surface area contributed by atoms with Crippen molar-refractivity contribution in [3.8, 4) is 5.75 Å². The highest BCUT2D eigenvalue weighted by Crippen LogP contribution is 2.31. The SMILES string of the molecule is COc1ccc(C(=O)C[C@@H]2CCCN(c3nnc(C(N)=O)c(Nc4ccc(C5CCN(C(=O)OC(C)(C)C)CC5)cc4)n3)C2)cc1. The summed E-state index contributed by atoms with van der Waals surface area (Å²) in [6.07, 6.45) is 3.63. The van der Waals surface area contributed by atoms with Crippen LogP contribution in [0.3, 0.4) is 0 Å². The molecule has 2 aromatic carbocycles. The van der Waals surface area contributed by atoms with E-state index < -0.39 is 11.5 Å². The Morgan fingerprint density at radius 3 is 2.28 bits per heavy atom. The van der Waals surface area contributed by atoms with Crippen LogP contribution in [-0.4, -0.2) is 76.8 Å². The number of hydrogen-bond acceptors (Lipinski definition) is 10. The van der Waals surface area contributed by atoms with Crippen molar-refractivity contribution in [2.45, 2.75) is 64.4 Å². The van der Waals surface area contributed by atoms with Gasteiger partial charge >= 0.3 is 6.09 Å². The predicted molar refractivity (Wildman–Crippen MR) is 175 cm³/mol. The minimum absolute atomic E-state index is 0.0504. The number of rotatable bonds is 9. The Kier molecular flexibility index (Phi) is 10.0. The maximum Gasteiger partial charge on any atom is 0.410 e. The molecule has 0 radical (unpaired) electrons. The smallest absolute Gasteiger partial charge is 0.410 e. The third-order valence-corrected chi connectivity index (χ3v) is 8.39. The molecule has 0 spiro atoms. The number of ketones is 1. The maximum atomic E-state index is 13.0. The molecule has 0 bridgehead atoms. The number of piperidine rings is 2. The van der Waals surface area contributed by atoms with Gasteiger partial charge in [-0.05, 0) is 100 Å². The van der Waals surface area contributed by atoms with Gasteiger partial charge < -0.3 is 30.3 Å². The fraction of sp³-hybridized carbons (Fsp3) is 0.471. The van der Waals surface area contributed by atoms with Crippen molar-refractivity contribution in [2.24, 2.45) is 11.7 Å². The lowest BCUT2D eigenvalue weighted by Crippen LogP contribution is -2.41. The van der Waals surface area contributed by atoms with E-state index >= 15 is 0 Å². The quantitative estimate of drug-likeness (QED) is 0.297. The van der Waals surface area contributed by atoms with Crippen molar-refractivity contribution in [3.05, 3.63) is 65.4 Å². The van der Waals surface area contributed by atoms with Crippen molar-refractivity contribution in [1.82, 2.24) is 20.1 Å². The van der Waals surface area contributed by atoms with Gasteiger partial charge in [0.25, 0.3) is 5.91 Å². The second-order valence-electron chi connectivity index (χ2n) is 13.0. The molecule has 1 atom stereocenters. The topological polar surface area (TPSA) is 153 Å². The highest BCUT2D eigenvalue weighted by atomic mass is 16.6. The molecule has 3 aromatic rings. The molecule has 244 valence electrons. The third-order valence-electron chi connectivity index (χ3n) is 8.39. The normalized spacial score (nSPS) is 17.3. The largest absolute Gasteiger partial charge is 0.497 e. The Morgan fingerprint density at radius 2 is 1.65 bits per heavy atom. The number of Topliss-reactive ketones (excluding diaryl/α,β-unsaturated/α-hetero) is 1. The molecule has 0 saturated carbocycles. The molecule has 3 heterocycles. The Bertz CT molecular complexity index is 1530. The number of carbonyl (C=O) groups excluding carboxylic acids is 3. The first-order valence-corrected chi connectivity index (χ1v) is 15.8. The lowest BCUT2D eigenvalue weighted by Gasteiger charge is -2.33. The molecule has 2 aliphatic heterocycles. The molecule has 2 saturated heterocycles. The molecular weight excluding hydrogens is 586 g/mol. The van der Waals surface area contributed by atoms with Crippen molar-refractivity contribution < 1.29 is 23.9 Å². The average Bonchev–Trinajstić information content (AvgIpc) is 3.04. The number of methoxy groups -OCH3 is 1. The molecule has 2 aliphatic rings. The van der Waals surface area contributed by atoms with Gasteiger partial charge in [0.15, 0.2) is 17.3 Å². The Hall–Kier alpha value is -4.74. The van der Waals surface area contributed by atoms with E-state index in [2.05, 4.69) is 20.5 Å². The molecule has 12 heteroatoms. The van der Waals surface area contributed by atoms with E-state index in [-0.39, 0.29) is 29.3 Å². The van der Waals surface area contributed by atoms with Crippen LogP contribution in [0.5, 0.6) is 5.75 Å². The van der Waals surface area contributed by atoms with E-state index in [1.54, 1.807) is 36.3 Å². The molecular formula is C34H43N7O5. The van der Waals surface area contributed by atoms with E-state index in [4.69, 9.17) is 15.2 Å². The van der Waals surface area contributed by atoms with Gasteiger partial charge in [-0.3, -0.25) is 9.59 Å². The summed E-state index contributed by atoms with van der Waals surface area (Å²) in [6, 6.07) is 15.1. The zero-order valence-electron chi connectivity index (χ0n) is 27.0. The number of nitrogens with zero attached hydrogens (tertiary/aromatic N) is 5. The Balaban J connectivity index is 1.22. The van der Waals surface area contributed by atoms with E-state index in [1.807, 2.05) is 49.9 Å². The summed E-state index contributed by atoms with van der Waals surface area (Å²) >= 11 is 0. The van der Waals surface area contributed by atoms with Crippen molar-refractivity contribution >= 4 is 35.2 Å². The van der Waals surface area contributed by atoms with Gasteiger partial charge in [0, 0.05) is 43.9 Å². The lowest BCUT2D eigenvalue weighted by atomic mass is 9.89. The van der Waals surface area contributed by atoms with Gasteiger partial charge in [-0.1, -0.05) is 12.1 Å². The first-order chi connectivity index (χ1) is 22.0. The summed E-state index contributed by atoms with van der Waals surface area (Å²) in [5.74, 6) is 1.12. The van der Waals surface area contributed by atoms with Crippen LogP contribution in [0.25, 0.3) is 0 Å². The van der Waals surface area contributed by atoms with Crippen LogP contribution in [0.1, 0.15) is 85.2 Å². The van der Waals surface area contributed by atoms with E-state index in [9.17, 15) is 14.4 Å². The van der Waals surface area contributed by atoms with Gasteiger partial charge in [-0.2, -0.15) is 4.98 Å². The van der Waals surface area contributed by atoms with Crippen LogP contribution in [0.2, 0.25) is 0 Å². The number of amides is 2. The van der Waals surface area contributed by atoms with E-state index in [1.165, 1.54) is 5.56 Å². The standard InChI is InChI=1S/C34H43N7O5/c1-34(2,3)46-33(44)40-18-15-24(16-19-40)23-7-11-26(12-8-23)36-31-29(30(35)43)38-39-32(37-31)41-17-5-6-22(21-41)20-28(42)25-9-13-27(45-4)14-10-25/h7-14,22,24H,5-6,15-21H2,1-4H3,(H2,35,43)(H,36,37,39)/t22-/m0/s1. The Labute approximate surface area is 269 Å². The summed E-state index contributed by atoms with van der Waals surface area (Å²) in [5, 5.41) is 11.5. The zero-order chi connectivity index (χ0) is 32.8. The van der Waals surface area contributed by atoms with Gasteiger partial charge in [0.2, 0.25) is 5.95 Å². The predicted octanol–water partition coefficient (Wildman–Crippen LogP) is 5.33. The van der Waals surface area contributed by atoms with Crippen molar-refractivity contribution in [2.75, 3.05) is 43.5 Å². The van der Waals surface area contributed by atoms with E-state index in [0.717, 1.165) is 31.4 Å². The van der Waals surface area contributed by atoms with Crippen LogP contribution >= 0.6 is 0 Å². The first kappa shape index (κ1) is 32.6. The Morgan fingerprint density at radius 1 is 0.957 bits per heavy atom. The summed E-state index contributed by atoms with van der Waals surface area (Å²) in [5.41, 5.74) is 7.61. The zero-order valence-corrected chi connectivity index (χ0v) is 27.0. The summed E-state index contributed by atoms with van der Waals surface area (Å²) < 4.78 is 10.7. The monoisotopic (exact) mass is 629 g/mol. The number of carbonyl (C=O) groups is 3. The van der Waals surface area contributed by atoms with Crippen molar-refractivity contribution in [1.29, 1.82) is 0 Å². The molecule has 0 unspecified atom stereocenters. The molecule has 5 rings (SSSR count). The number of primary amides is 1. The number of anilines is 3. The van der Waals surface area contributed by atoms with Crippen LogP contribution in [0.4, 0.5) is 22.2 Å². The third kappa shape index (κ3) is 8.29. The van der Waals surface area contributed by atoms with Crippen molar-refractivity contribution in [3.63, 3.8) is 0 Å². The molecule has 2 fully saturated rings. The number of nitrogens with one attached hydrogen (secondary N) is 1. The lowest BCUT2D eigenvalue weighted by molar-refractivity contribution is 0.0204. The second kappa shape index (κ2) is 14.1. The van der Waals surface area contributed by atoms with Crippen LogP contribution < -0.4 is 20.7 Å². The molecule has 3 N–H and O–H groups in total. The number of likely N-dealkylation sites (tertiary alicyclic amines) is 1. The first-order valence-electron chi connectivity index (χ1n) is 15.8. The fourth-order valence-electron chi connectivity index (χ4n) is 5.97. The highest BCUT2D eigenvalue weighted by molar-refractivity contribution is 5.97. The van der Waals surface area contributed by atoms with Crippen LogP contribution in [0.15, 0.2) is 48.5 Å². The number of ether oxygens (including phenoxy) is 2. The minimum atomic E-state index is -0.732. The summed E-state index contributed by atoms with van der Waals surface area (Å²) in [7, 11) is 1.60. The molecule has 1 aromatic heterocycles. The maximum absolute atomic E-state index is 13.0. The highest BCUT2D eigenvalue weighted by Gasteiger charge is 2.28. The number of nitrogens with two attached hydrogens (primary N) is 1. The number of hydrogen-bond donors (Lipinski definition) is 2. The van der Waals surface area contributed by atoms with Gasteiger partial charge in [0.1, 0.15) is 11.4 Å². The van der Waals surface area contributed by atoms with Gasteiger partial charge in [-0.15, -0.1) is 10.2 Å². The summed E-state index contributed by atoms with van der Waals surface area (Å²) in [6.45, 7) is 8.21. The molecule has 0 aliphatic carbocycles. The molecule has 46 heavy (non-hydrogen) atoms.